The molecule has 26 heteroatoms. The van der Waals surface area contributed by atoms with Crippen LogP contribution in [0, 0.1) is 41.4 Å². The quantitative estimate of drug-likeness (QED) is 0.106. The van der Waals surface area contributed by atoms with Gasteiger partial charge < -0.3 is 77.3 Å². The molecule has 6 saturated heterocycles. The third-order valence-electron chi connectivity index (χ3n) is 14.8. The lowest BCUT2D eigenvalue weighted by molar-refractivity contribution is -0.132. The van der Waals surface area contributed by atoms with Crippen molar-refractivity contribution in [3.8, 4) is 0 Å². The summed E-state index contributed by atoms with van der Waals surface area (Å²) in [7, 11) is 15.0. The zero-order chi connectivity index (χ0) is 51.4. The van der Waals surface area contributed by atoms with E-state index in [0.29, 0.717) is 36.9 Å². The molecular formula is C45H80N8O18. The van der Waals surface area contributed by atoms with Crippen LogP contribution in [0.25, 0.3) is 0 Å². The Balaban J connectivity index is 0.000000150. The van der Waals surface area contributed by atoms with Crippen molar-refractivity contribution in [2.75, 3.05) is 145 Å². The van der Waals surface area contributed by atoms with Gasteiger partial charge in [-0.25, -0.2) is 19.2 Å². The predicted octanol–water partition coefficient (Wildman–Crippen LogP) is 0.748. The highest BCUT2D eigenvalue weighted by Gasteiger charge is 2.63. The van der Waals surface area contributed by atoms with Crippen LogP contribution in [0.5, 0.6) is 0 Å². The highest BCUT2D eigenvalue weighted by molar-refractivity contribution is 5.85. The summed E-state index contributed by atoms with van der Waals surface area (Å²) < 4.78 is 66.3. The smallest absolute Gasteiger partial charge is 0.328 e. The molecule has 11 atom stereocenters. The summed E-state index contributed by atoms with van der Waals surface area (Å²) in [4.78, 5) is 56.4. The number of ether oxygens (including phenoxy) is 13. The standard InChI is InChI=1S/C12H22N4O6.C11H16O2.C9H18N2O5.C8H12O2.C5H12N2O3/c1-19-5-13-9-10(15(7-21-3)11(13)17)16(8-22-4)12(18)14(9)6-20-2;1-6-2-8(10-4-12-10)7(1)9(3-6)11-5-13-11;1-13-5-10-7(15-3)8(16-4)11(6-14-2)9(10)12;9-3-5-1-4-2-6(5)8-7(4)10-8;1-9-3-6-5(8)7-4-10-2/h9-10H,5-8H2,1-4H3;6-11H,1-5H2;7-8H,5-6H2,1-4H3;4-9H,1-3H2;3-4H2,1-2H3,(H2,6,7,8). The van der Waals surface area contributed by atoms with Crippen LogP contribution in [-0.2, 0) is 61.6 Å². The monoisotopic (exact) mass is 1020 g/mol. The first kappa shape index (κ1) is 56.8. The predicted molar refractivity (Wildman–Crippen MR) is 246 cm³/mol. The molecule has 0 aromatic rings. The second kappa shape index (κ2) is 27.2. The molecule has 4 saturated carbocycles. The molecule has 0 aromatic heterocycles. The number of hydrogen-bond donors (Lipinski definition) is 3. The Bertz CT molecular complexity index is 1570. The van der Waals surface area contributed by atoms with Crippen LogP contribution < -0.4 is 10.6 Å². The van der Waals surface area contributed by atoms with E-state index in [0.717, 1.165) is 48.7 Å². The lowest BCUT2D eigenvalue weighted by atomic mass is 9.77. The Kier molecular flexibility index (Phi) is 21.7. The number of carbonyl (C=O) groups is 4. The second-order valence-electron chi connectivity index (χ2n) is 19.0. The number of amides is 8. The van der Waals surface area contributed by atoms with Gasteiger partial charge in [0.25, 0.3) is 0 Å². The molecule has 408 valence electrons. The van der Waals surface area contributed by atoms with Gasteiger partial charge in [-0.1, -0.05) is 0 Å². The third-order valence-corrected chi connectivity index (χ3v) is 14.8. The molecule has 6 heterocycles. The van der Waals surface area contributed by atoms with E-state index in [1.807, 2.05) is 0 Å². The number of aliphatic hydroxyl groups is 1. The minimum atomic E-state index is -0.523. The van der Waals surface area contributed by atoms with Crippen LogP contribution >= 0.6 is 0 Å². The van der Waals surface area contributed by atoms with E-state index in [-0.39, 0.29) is 78.0 Å². The molecule has 6 aliphatic heterocycles. The van der Waals surface area contributed by atoms with E-state index in [1.165, 1.54) is 133 Å². The van der Waals surface area contributed by atoms with E-state index in [2.05, 4.69) is 20.1 Å². The van der Waals surface area contributed by atoms with E-state index in [9.17, 15) is 19.2 Å². The number of fused-ring (bicyclic) bond motifs is 8. The molecule has 10 fully saturated rings. The van der Waals surface area contributed by atoms with Crippen molar-refractivity contribution < 1.29 is 85.9 Å². The molecular weight excluding hydrogens is 941 g/mol. The third kappa shape index (κ3) is 13.3. The first-order valence-electron chi connectivity index (χ1n) is 24.2. The van der Waals surface area contributed by atoms with Crippen molar-refractivity contribution in [2.24, 2.45) is 41.4 Å². The van der Waals surface area contributed by atoms with E-state index in [4.69, 9.17) is 57.2 Å². The van der Waals surface area contributed by atoms with Crippen LogP contribution in [-0.4, -0.2) is 253 Å². The Labute approximate surface area is 416 Å². The molecule has 0 spiro atoms. The minimum Gasteiger partial charge on any atom is -0.396 e. The molecule has 10 rings (SSSR count). The number of carbonyl (C=O) groups excluding carboxylic acids is 4. The first-order chi connectivity index (χ1) is 34.4. The van der Waals surface area contributed by atoms with Gasteiger partial charge >= 0.3 is 24.1 Å². The maximum atomic E-state index is 12.6. The normalized spacial score (nSPS) is 35.0. The summed E-state index contributed by atoms with van der Waals surface area (Å²) in [6.45, 7) is 3.44. The van der Waals surface area contributed by atoms with Crippen molar-refractivity contribution >= 4 is 24.1 Å². The van der Waals surface area contributed by atoms with Gasteiger partial charge in [-0.05, 0) is 73.5 Å². The molecule has 3 N–H and O–H groups in total. The Morgan fingerprint density at radius 3 is 1.21 bits per heavy atom. The van der Waals surface area contributed by atoms with E-state index < -0.39 is 24.8 Å². The number of rotatable bonds is 21. The molecule has 0 aromatic carbocycles. The van der Waals surface area contributed by atoms with Crippen molar-refractivity contribution in [2.45, 2.75) is 81.3 Å². The summed E-state index contributed by atoms with van der Waals surface area (Å²) in [6.07, 6.45) is 7.40. The highest BCUT2D eigenvalue weighted by Crippen LogP contribution is 2.59. The molecule has 0 radical (unpaired) electrons. The average Bonchev–Trinajstić information content (AvgIpc) is 4.35. The molecule has 71 heavy (non-hydrogen) atoms. The highest BCUT2D eigenvalue weighted by atomic mass is 16.6. The molecule has 10 aliphatic rings. The molecule has 4 bridgehead atoms. The summed E-state index contributed by atoms with van der Waals surface area (Å²) in [5.74, 6) is 5.92. The lowest BCUT2D eigenvalue weighted by Gasteiger charge is -2.28. The summed E-state index contributed by atoms with van der Waals surface area (Å²) in [5, 5.41) is 13.8. The molecule has 8 amide bonds. The fraction of sp³-hybridized carbons (Fsp3) is 0.911. The van der Waals surface area contributed by atoms with Crippen LogP contribution in [0.2, 0.25) is 0 Å². The van der Waals surface area contributed by atoms with Crippen LogP contribution in [0.15, 0.2) is 0 Å². The maximum Gasteiger partial charge on any atom is 0.328 e. The summed E-state index contributed by atoms with van der Waals surface area (Å²) in [5.41, 5.74) is 0. The summed E-state index contributed by atoms with van der Waals surface area (Å²) >= 11 is 0. The number of urea groups is 4. The van der Waals surface area contributed by atoms with Gasteiger partial charge in [-0.15, -0.1) is 0 Å². The molecule has 4 aliphatic carbocycles. The topological polar surface area (TPSA) is 262 Å². The SMILES string of the molecule is C1OC1C1CC2CC(C3CO3)C1C2.COCN1C(=O)N(COC)C(OC)C1OC.COCN1C(=O)N(COC)C2C1N(COC)C(=O)N2COC.COCNC(=O)NCOC.OCC1CC2CC1C1OC21. The van der Waals surface area contributed by atoms with Gasteiger partial charge in [-0.2, -0.15) is 0 Å². The van der Waals surface area contributed by atoms with Crippen LogP contribution in [0.4, 0.5) is 19.2 Å². The fourth-order valence-electron chi connectivity index (χ4n) is 11.8. The zero-order valence-corrected chi connectivity index (χ0v) is 43.0. The van der Waals surface area contributed by atoms with Crippen molar-refractivity contribution in [1.29, 1.82) is 0 Å². The minimum absolute atomic E-state index is 0.0640. The number of hydrogen-bond acceptors (Lipinski definition) is 18. The maximum absolute atomic E-state index is 12.6. The van der Waals surface area contributed by atoms with Gasteiger partial charge in [0.15, 0.2) is 24.8 Å². The number of epoxide rings is 3. The summed E-state index contributed by atoms with van der Waals surface area (Å²) in [6, 6.07) is -1.08. The average molecular weight is 1020 g/mol. The van der Waals surface area contributed by atoms with E-state index >= 15 is 0 Å². The number of methoxy groups -OCH3 is 10. The van der Waals surface area contributed by atoms with Crippen LogP contribution in [0.1, 0.15) is 32.1 Å². The second-order valence-corrected chi connectivity index (χ2v) is 19.0. The van der Waals surface area contributed by atoms with E-state index in [1.54, 1.807) is 0 Å². The Morgan fingerprint density at radius 2 is 0.901 bits per heavy atom. The largest absolute Gasteiger partial charge is 0.396 e. The van der Waals surface area contributed by atoms with Gasteiger partial charge in [-0.3, -0.25) is 29.4 Å². The fourth-order valence-corrected chi connectivity index (χ4v) is 11.8. The van der Waals surface area contributed by atoms with Crippen LogP contribution in [0.3, 0.4) is 0 Å². The van der Waals surface area contributed by atoms with Gasteiger partial charge in [0.2, 0.25) is 0 Å². The number of aliphatic hydroxyl groups excluding tert-OH is 1. The first-order valence-corrected chi connectivity index (χ1v) is 24.2. The van der Waals surface area contributed by atoms with Gasteiger partial charge in [0.05, 0.1) is 37.6 Å². The number of nitrogens with zero attached hydrogens (tertiary/aromatic N) is 6. The lowest BCUT2D eigenvalue weighted by Crippen LogP contribution is -2.48. The van der Waals surface area contributed by atoms with Crippen molar-refractivity contribution in [1.82, 2.24) is 40.0 Å². The molecule has 26 nitrogen and oxygen atoms in total. The van der Waals surface area contributed by atoms with Gasteiger partial charge in [0.1, 0.15) is 53.8 Å². The number of nitrogens with one attached hydrogen (secondary N) is 2. The Morgan fingerprint density at radius 1 is 0.521 bits per heavy atom. The van der Waals surface area contributed by atoms with Gasteiger partial charge in [0, 0.05) is 77.7 Å². The Hall–Kier alpha value is -3.48. The molecule has 11 unspecified atom stereocenters. The van der Waals surface area contributed by atoms with Crippen molar-refractivity contribution in [3.05, 3.63) is 0 Å². The van der Waals surface area contributed by atoms with Crippen molar-refractivity contribution in [3.63, 3.8) is 0 Å². The zero-order valence-electron chi connectivity index (χ0n) is 43.0.